The smallest absolute Gasteiger partial charge is 0.325 e. The fourth-order valence-electron chi connectivity index (χ4n) is 6.03. The molecule has 0 unspecified atom stereocenters. The van der Waals surface area contributed by atoms with Crippen LogP contribution in [0.25, 0.3) is 0 Å². The second-order valence-electron chi connectivity index (χ2n) is 9.06. The van der Waals surface area contributed by atoms with E-state index in [0.29, 0.717) is 12.1 Å². The van der Waals surface area contributed by atoms with E-state index in [-0.39, 0.29) is 24.5 Å². The topological polar surface area (TPSA) is 84.5 Å². The van der Waals surface area contributed by atoms with Crippen LogP contribution in [0.5, 0.6) is 0 Å². The molecule has 2 amide bonds. The molecular weight excluding hydrogens is 436 g/mol. The average molecular weight is 463 g/mol. The number of rotatable bonds is 7. The van der Waals surface area contributed by atoms with Gasteiger partial charge in [-0.2, -0.15) is 0 Å². The molecule has 29 heavy (non-hydrogen) atoms. The normalized spacial score (nSPS) is 29.3. The minimum Gasteiger partial charge on any atom is -0.454 e. The van der Waals surface area contributed by atoms with Gasteiger partial charge in [0, 0.05) is 10.9 Å². The molecule has 2 N–H and O–H groups in total. The predicted molar refractivity (Wildman–Crippen MR) is 112 cm³/mol. The van der Waals surface area contributed by atoms with Crippen molar-refractivity contribution in [3.63, 3.8) is 0 Å². The van der Waals surface area contributed by atoms with Crippen LogP contribution in [0.1, 0.15) is 44.9 Å². The summed E-state index contributed by atoms with van der Waals surface area (Å²) in [5.41, 5.74) is 0.753. The minimum absolute atomic E-state index is 0.0819. The maximum atomic E-state index is 12.4. The summed E-state index contributed by atoms with van der Waals surface area (Å²) in [6.45, 7) is -0.585. The van der Waals surface area contributed by atoms with Gasteiger partial charge in [-0.25, -0.2) is 0 Å². The first-order chi connectivity index (χ1) is 13.9. The molecule has 0 spiro atoms. The Labute approximate surface area is 179 Å². The Morgan fingerprint density at radius 2 is 1.62 bits per heavy atom. The molecule has 0 atom stereocenters. The Hall–Kier alpha value is -1.89. The highest BCUT2D eigenvalue weighted by Crippen LogP contribution is 2.61. The lowest BCUT2D eigenvalue weighted by Gasteiger charge is -2.56. The van der Waals surface area contributed by atoms with Crippen molar-refractivity contribution in [2.45, 2.75) is 44.9 Å². The summed E-state index contributed by atoms with van der Waals surface area (Å²) in [5, 5.41) is 5.35. The van der Waals surface area contributed by atoms with Gasteiger partial charge in [-0.1, -0.05) is 12.1 Å². The number of amides is 2. The van der Waals surface area contributed by atoms with E-state index in [1.807, 2.05) is 6.07 Å². The van der Waals surface area contributed by atoms with Gasteiger partial charge in [-0.05, 0) is 89.8 Å². The summed E-state index contributed by atoms with van der Waals surface area (Å²) in [7, 11) is 0. The van der Waals surface area contributed by atoms with Crippen LogP contribution >= 0.6 is 15.9 Å². The zero-order valence-electron chi connectivity index (χ0n) is 16.4. The van der Waals surface area contributed by atoms with Crippen LogP contribution in [0, 0.1) is 23.2 Å². The van der Waals surface area contributed by atoms with Gasteiger partial charge in [0.1, 0.15) is 6.54 Å². The van der Waals surface area contributed by atoms with Gasteiger partial charge in [0.05, 0.1) is 5.69 Å². The molecule has 1 aromatic carbocycles. The van der Waals surface area contributed by atoms with Gasteiger partial charge in [-0.15, -0.1) is 0 Å². The monoisotopic (exact) mass is 462 g/mol. The Balaban J connectivity index is 1.17. The fraction of sp³-hybridized carbons (Fsp3) is 0.591. The number of carbonyl (C=O) groups is 3. The van der Waals surface area contributed by atoms with Crippen LogP contribution in [-0.4, -0.2) is 30.9 Å². The summed E-state index contributed by atoms with van der Waals surface area (Å²) in [4.78, 5) is 36.3. The Morgan fingerprint density at radius 1 is 1.00 bits per heavy atom. The molecule has 4 aliphatic carbocycles. The van der Waals surface area contributed by atoms with Crippen molar-refractivity contribution < 1.29 is 19.1 Å². The van der Waals surface area contributed by atoms with Crippen LogP contribution in [0.3, 0.4) is 0 Å². The maximum Gasteiger partial charge on any atom is 0.325 e. The number of anilines is 1. The average Bonchev–Trinajstić information content (AvgIpc) is 2.65. The SMILES string of the molecule is O=C(CC12CC3CC(CC(C3)C1)C2)NCC(=O)OCC(=O)Nc1ccccc1Br. The van der Waals surface area contributed by atoms with Crippen LogP contribution in [0.4, 0.5) is 5.69 Å². The zero-order valence-corrected chi connectivity index (χ0v) is 18.0. The number of nitrogens with one attached hydrogen (secondary N) is 2. The van der Waals surface area contributed by atoms with E-state index < -0.39 is 11.9 Å². The van der Waals surface area contributed by atoms with Crippen LogP contribution < -0.4 is 10.6 Å². The lowest BCUT2D eigenvalue weighted by Crippen LogP contribution is -2.48. The first-order valence-corrected chi connectivity index (χ1v) is 11.2. The summed E-state index contributed by atoms with van der Waals surface area (Å²) < 4.78 is 5.73. The number of halogens is 1. The standard InChI is InChI=1S/C22H27BrN2O4/c23-17-3-1-2-4-18(17)25-20(27)13-29-21(28)12-24-19(26)11-22-8-14-5-15(9-22)7-16(6-14)10-22/h1-4,14-16H,5-13H2,(H,24,26)(H,25,27). The summed E-state index contributed by atoms with van der Waals surface area (Å²) >= 11 is 3.34. The highest BCUT2D eigenvalue weighted by Gasteiger charge is 2.51. The number of ether oxygens (including phenoxy) is 1. The largest absolute Gasteiger partial charge is 0.454 e. The molecule has 5 rings (SSSR count). The van der Waals surface area contributed by atoms with Crippen LogP contribution in [0.15, 0.2) is 28.7 Å². The highest BCUT2D eigenvalue weighted by atomic mass is 79.9. The van der Waals surface area contributed by atoms with E-state index in [9.17, 15) is 14.4 Å². The van der Waals surface area contributed by atoms with Crippen molar-refractivity contribution in [2.75, 3.05) is 18.5 Å². The van der Waals surface area contributed by atoms with Crippen LogP contribution in [0.2, 0.25) is 0 Å². The maximum absolute atomic E-state index is 12.4. The van der Waals surface area contributed by atoms with E-state index in [1.54, 1.807) is 18.2 Å². The molecule has 0 heterocycles. The molecule has 156 valence electrons. The zero-order chi connectivity index (χ0) is 20.4. The third-order valence-corrected chi connectivity index (χ3v) is 7.33. The van der Waals surface area contributed by atoms with Gasteiger partial charge >= 0.3 is 5.97 Å². The van der Waals surface area contributed by atoms with Crippen molar-refractivity contribution in [1.29, 1.82) is 0 Å². The summed E-state index contributed by atoms with van der Waals surface area (Å²) in [6.07, 6.45) is 8.01. The molecule has 4 saturated carbocycles. The fourth-order valence-corrected chi connectivity index (χ4v) is 6.41. The molecule has 0 saturated heterocycles. The predicted octanol–water partition coefficient (Wildman–Crippen LogP) is 3.65. The number of benzene rings is 1. The Bertz CT molecular complexity index is 774. The minimum atomic E-state index is -0.605. The van der Waals surface area contributed by atoms with E-state index in [0.717, 1.165) is 41.5 Å². The van der Waals surface area contributed by atoms with Gasteiger partial charge in [0.25, 0.3) is 5.91 Å². The molecule has 0 aromatic heterocycles. The van der Waals surface area contributed by atoms with Crippen LogP contribution in [-0.2, 0) is 19.1 Å². The number of hydrogen-bond acceptors (Lipinski definition) is 4. The number of hydrogen-bond donors (Lipinski definition) is 2. The molecule has 4 fully saturated rings. The molecule has 1 aromatic rings. The van der Waals surface area contributed by atoms with Gasteiger partial charge in [0.15, 0.2) is 6.61 Å². The number of esters is 1. The van der Waals surface area contributed by atoms with Crippen molar-refractivity contribution in [3.05, 3.63) is 28.7 Å². The summed E-state index contributed by atoms with van der Waals surface area (Å²) in [5.74, 6) is 1.27. The Morgan fingerprint density at radius 3 is 2.24 bits per heavy atom. The second kappa shape index (κ2) is 8.46. The third kappa shape index (κ3) is 5.00. The third-order valence-electron chi connectivity index (χ3n) is 6.64. The van der Waals surface area contributed by atoms with E-state index in [4.69, 9.17) is 4.74 Å². The lowest BCUT2D eigenvalue weighted by atomic mass is 9.49. The quantitative estimate of drug-likeness (QED) is 0.605. The molecule has 4 aliphatic rings. The van der Waals surface area contributed by atoms with Crippen molar-refractivity contribution in [2.24, 2.45) is 23.2 Å². The first kappa shape index (κ1) is 20.4. The molecule has 0 radical (unpaired) electrons. The summed E-state index contributed by atoms with van der Waals surface area (Å²) in [6, 6.07) is 7.19. The van der Waals surface area contributed by atoms with Crippen molar-refractivity contribution in [1.82, 2.24) is 5.32 Å². The molecule has 4 bridgehead atoms. The highest BCUT2D eigenvalue weighted by molar-refractivity contribution is 9.10. The molecule has 6 nitrogen and oxygen atoms in total. The Kier molecular flexibility index (Phi) is 5.95. The molecular formula is C22H27BrN2O4. The van der Waals surface area contributed by atoms with E-state index >= 15 is 0 Å². The lowest BCUT2D eigenvalue weighted by molar-refractivity contribution is -0.147. The van der Waals surface area contributed by atoms with E-state index in [2.05, 4.69) is 26.6 Å². The van der Waals surface area contributed by atoms with Gasteiger partial charge < -0.3 is 15.4 Å². The number of para-hydroxylation sites is 1. The number of carbonyl (C=O) groups excluding carboxylic acids is 3. The first-order valence-electron chi connectivity index (χ1n) is 10.4. The molecule has 0 aliphatic heterocycles. The van der Waals surface area contributed by atoms with Crippen molar-refractivity contribution >= 4 is 39.4 Å². The van der Waals surface area contributed by atoms with Gasteiger partial charge in [0.2, 0.25) is 5.91 Å². The molecule has 7 heteroatoms. The van der Waals surface area contributed by atoms with Gasteiger partial charge in [-0.3, -0.25) is 14.4 Å². The van der Waals surface area contributed by atoms with E-state index in [1.165, 1.54) is 19.3 Å². The second-order valence-corrected chi connectivity index (χ2v) is 9.91. The van der Waals surface area contributed by atoms with Crippen molar-refractivity contribution in [3.8, 4) is 0 Å².